The molecule has 0 saturated carbocycles. The van der Waals surface area contributed by atoms with E-state index in [-0.39, 0.29) is 24.3 Å². The average molecular weight is 238 g/mol. The van der Waals surface area contributed by atoms with E-state index in [1.807, 2.05) is 6.92 Å². The largest absolute Gasteiger partial charge is 0.386 e. The summed E-state index contributed by atoms with van der Waals surface area (Å²) in [6.45, 7) is 2.25. The highest BCUT2D eigenvalue weighted by Gasteiger charge is 2.41. The van der Waals surface area contributed by atoms with E-state index in [2.05, 4.69) is 0 Å². The van der Waals surface area contributed by atoms with E-state index in [9.17, 15) is 13.9 Å². The van der Waals surface area contributed by atoms with Gasteiger partial charge in [0.05, 0.1) is 17.2 Å². The maximum absolute atomic E-state index is 13.6. The number of rotatable bonds is 2. The predicted octanol–water partition coefficient (Wildman–Crippen LogP) is 1.80. The van der Waals surface area contributed by atoms with Crippen molar-refractivity contribution in [1.29, 1.82) is 5.26 Å². The van der Waals surface area contributed by atoms with Crippen molar-refractivity contribution in [2.75, 3.05) is 18.0 Å². The highest BCUT2D eigenvalue weighted by atomic mass is 19.1. The summed E-state index contributed by atoms with van der Waals surface area (Å²) >= 11 is 0. The Morgan fingerprint density at radius 2 is 1.94 bits per heavy atom. The molecule has 5 heteroatoms. The Morgan fingerprint density at radius 3 is 2.35 bits per heavy atom. The Hall–Kier alpha value is -1.67. The highest BCUT2D eigenvalue weighted by molar-refractivity contribution is 5.55. The van der Waals surface area contributed by atoms with Crippen LogP contribution in [0.15, 0.2) is 12.1 Å². The van der Waals surface area contributed by atoms with Gasteiger partial charge in [-0.3, -0.25) is 0 Å². The zero-order chi connectivity index (χ0) is 12.6. The predicted molar refractivity (Wildman–Crippen MR) is 58.5 cm³/mol. The molecule has 0 unspecified atom stereocenters. The molecule has 2 rings (SSSR count). The minimum atomic E-state index is -0.854. The number of nitrogens with zero attached hydrogens (tertiary/aromatic N) is 2. The molecule has 1 aromatic rings. The molecule has 0 bridgehead atoms. The molecule has 0 atom stereocenters. The topological polar surface area (TPSA) is 47.3 Å². The molecule has 1 aliphatic heterocycles. The van der Waals surface area contributed by atoms with Gasteiger partial charge in [0, 0.05) is 13.1 Å². The second kappa shape index (κ2) is 3.97. The SMILES string of the molecule is CCC1(O)CN(c2c(F)cc(C#N)cc2F)C1. The number of hydrogen-bond acceptors (Lipinski definition) is 3. The van der Waals surface area contributed by atoms with Crippen molar-refractivity contribution in [3.05, 3.63) is 29.3 Å². The van der Waals surface area contributed by atoms with E-state index < -0.39 is 17.2 Å². The van der Waals surface area contributed by atoms with Crippen LogP contribution in [0.5, 0.6) is 0 Å². The minimum Gasteiger partial charge on any atom is -0.386 e. The fraction of sp³-hybridized carbons (Fsp3) is 0.417. The van der Waals surface area contributed by atoms with Gasteiger partial charge in [0.25, 0.3) is 0 Å². The number of halogens is 2. The van der Waals surface area contributed by atoms with Gasteiger partial charge in [0.2, 0.25) is 0 Å². The van der Waals surface area contributed by atoms with Crippen LogP contribution >= 0.6 is 0 Å². The molecule has 1 saturated heterocycles. The van der Waals surface area contributed by atoms with Gasteiger partial charge in [-0.25, -0.2) is 8.78 Å². The van der Waals surface area contributed by atoms with Gasteiger partial charge in [0.1, 0.15) is 5.69 Å². The highest BCUT2D eigenvalue weighted by Crippen LogP contribution is 2.33. The third-order valence-electron chi connectivity index (χ3n) is 3.09. The summed E-state index contributed by atoms with van der Waals surface area (Å²) in [7, 11) is 0. The van der Waals surface area contributed by atoms with Crippen molar-refractivity contribution >= 4 is 5.69 Å². The molecule has 17 heavy (non-hydrogen) atoms. The van der Waals surface area contributed by atoms with Crippen LogP contribution in [0.25, 0.3) is 0 Å². The van der Waals surface area contributed by atoms with E-state index in [1.54, 1.807) is 6.07 Å². The summed E-state index contributed by atoms with van der Waals surface area (Å²) in [5.41, 5.74) is -1.07. The molecular formula is C12H12F2N2O. The zero-order valence-electron chi connectivity index (χ0n) is 9.37. The first-order chi connectivity index (χ1) is 7.99. The Labute approximate surface area is 97.9 Å². The lowest BCUT2D eigenvalue weighted by atomic mass is 9.90. The molecule has 0 spiro atoms. The lowest BCUT2D eigenvalue weighted by Gasteiger charge is -2.47. The fourth-order valence-corrected chi connectivity index (χ4v) is 1.98. The van der Waals surface area contributed by atoms with E-state index in [4.69, 9.17) is 5.26 Å². The van der Waals surface area contributed by atoms with Crippen molar-refractivity contribution < 1.29 is 13.9 Å². The number of hydrogen-bond donors (Lipinski definition) is 1. The van der Waals surface area contributed by atoms with Crippen molar-refractivity contribution in [1.82, 2.24) is 0 Å². The molecule has 1 aliphatic rings. The van der Waals surface area contributed by atoms with E-state index >= 15 is 0 Å². The van der Waals surface area contributed by atoms with Crippen molar-refractivity contribution in [2.24, 2.45) is 0 Å². The van der Waals surface area contributed by atoms with Crippen LogP contribution in [0.3, 0.4) is 0 Å². The molecule has 1 fully saturated rings. The minimum absolute atomic E-state index is 0.0463. The fourth-order valence-electron chi connectivity index (χ4n) is 1.98. The number of β-amino-alcohol motifs (C(OH)–C–C–N with tert-alkyl or cyclic N) is 1. The van der Waals surface area contributed by atoms with Gasteiger partial charge in [-0.2, -0.15) is 5.26 Å². The summed E-state index contributed by atoms with van der Waals surface area (Å²) in [6, 6.07) is 3.69. The smallest absolute Gasteiger partial charge is 0.150 e. The average Bonchev–Trinajstić information content (AvgIpc) is 2.25. The number of anilines is 1. The van der Waals surface area contributed by atoms with Crippen molar-refractivity contribution in [3.8, 4) is 6.07 Å². The molecule has 1 heterocycles. The van der Waals surface area contributed by atoms with Crippen LogP contribution in [0.4, 0.5) is 14.5 Å². The summed E-state index contributed by atoms with van der Waals surface area (Å²) in [4.78, 5) is 1.44. The van der Waals surface area contributed by atoms with Gasteiger partial charge in [-0.05, 0) is 18.6 Å². The molecule has 90 valence electrons. The molecule has 0 aromatic heterocycles. The van der Waals surface area contributed by atoms with E-state index in [1.165, 1.54) is 4.90 Å². The first-order valence-corrected chi connectivity index (χ1v) is 5.35. The first kappa shape index (κ1) is 11.8. The standard InChI is InChI=1S/C12H12F2N2O/c1-2-12(17)6-16(7-12)11-9(13)3-8(5-15)4-10(11)14/h3-4,17H,2,6-7H2,1H3. The second-order valence-corrected chi connectivity index (χ2v) is 4.33. The van der Waals surface area contributed by atoms with Crippen LogP contribution in [0.1, 0.15) is 18.9 Å². The molecule has 0 amide bonds. The summed E-state index contributed by atoms with van der Waals surface area (Å²) in [5, 5.41) is 18.4. The third kappa shape index (κ3) is 1.96. The quantitative estimate of drug-likeness (QED) is 0.854. The second-order valence-electron chi connectivity index (χ2n) is 4.33. The Bertz CT molecular complexity index is 467. The molecule has 1 N–H and O–H groups in total. The third-order valence-corrected chi connectivity index (χ3v) is 3.09. The van der Waals surface area contributed by atoms with Crippen LogP contribution in [-0.2, 0) is 0 Å². The first-order valence-electron chi connectivity index (χ1n) is 5.35. The summed E-state index contributed by atoms with van der Waals surface area (Å²) < 4.78 is 27.2. The molecular weight excluding hydrogens is 226 g/mol. The summed E-state index contributed by atoms with van der Waals surface area (Å²) in [6.07, 6.45) is 0.545. The molecule has 3 nitrogen and oxygen atoms in total. The normalized spacial score (nSPS) is 17.5. The van der Waals surface area contributed by atoms with E-state index in [0.29, 0.717) is 6.42 Å². The Kier molecular flexibility index (Phi) is 2.76. The summed E-state index contributed by atoms with van der Waals surface area (Å²) in [5.74, 6) is -1.53. The Balaban J connectivity index is 2.27. The van der Waals surface area contributed by atoms with E-state index in [0.717, 1.165) is 12.1 Å². The number of nitriles is 1. The molecule has 0 radical (unpaired) electrons. The van der Waals surface area contributed by atoms with Crippen LogP contribution in [-0.4, -0.2) is 23.8 Å². The number of benzene rings is 1. The maximum atomic E-state index is 13.6. The lowest BCUT2D eigenvalue weighted by Crippen LogP contribution is -2.62. The monoisotopic (exact) mass is 238 g/mol. The zero-order valence-corrected chi connectivity index (χ0v) is 9.37. The van der Waals surface area contributed by atoms with Gasteiger partial charge in [0.15, 0.2) is 11.6 Å². The maximum Gasteiger partial charge on any atom is 0.150 e. The molecule has 0 aliphatic carbocycles. The van der Waals surface area contributed by atoms with Gasteiger partial charge < -0.3 is 10.0 Å². The van der Waals surface area contributed by atoms with Crippen molar-refractivity contribution in [2.45, 2.75) is 18.9 Å². The van der Waals surface area contributed by atoms with Gasteiger partial charge >= 0.3 is 0 Å². The van der Waals surface area contributed by atoms with Crippen LogP contribution in [0, 0.1) is 23.0 Å². The van der Waals surface area contributed by atoms with Crippen molar-refractivity contribution in [3.63, 3.8) is 0 Å². The lowest BCUT2D eigenvalue weighted by molar-refractivity contribution is 0.00781. The molecule has 1 aromatic carbocycles. The van der Waals surface area contributed by atoms with Crippen LogP contribution < -0.4 is 4.90 Å². The Morgan fingerprint density at radius 1 is 1.41 bits per heavy atom. The van der Waals surface area contributed by atoms with Crippen LogP contribution in [0.2, 0.25) is 0 Å². The van der Waals surface area contributed by atoms with Gasteiger partial charge in [-0.1, -0.05) is 6.92 Å². The number of aliphatic hydroxyl groups is 1. The van der Waals surface area contributed by atoms with Gasteiger partial charge in [-0.15, -0.1) is 0 Å².